The van der Waals surface area contributed by atoms with Crippen LogP contribution >= 0.6 is 0 Å². The Balaban J connectivity index is -0.000000212. The summed E-state index contributed by atoms with van der Waals surface area (Å²) in [6.07, 6.45) is 0. The molecule has 0 aromatic carbocycles. The van der Waals surface area contributed by atoms with Crippen molar-refractivity contribution in [1.29, 1.82) is 0 Å². The fourth-order valence-electron chi connectivity index (χ4n) is 0.504. The first-order chi connectivity index (χ1) is 8.57. The molecule has 7 nitrogen and oxygen atoms in total. The molecule has 0 bridgehead atoms. The number of aliphatic hydroxyl groups excluding tert-OH is 6. The first-order valence-corrected chi connectivity index (χ1v) is 5.80. The zero-order chi connectivity index (χ0) is 14.9. The quantitative estimate of drug-likeness (QED) is 0.315. The fourth-order valence-corrected chi connectivity index (χ4v) is 0.504. The van der Waals surface area contributed by atoms with Gasteiger partial charge in [0.05, 0.1) is 45.1 Å². The molecule has 0 amide bonds. The molecule has 0 atom stereocenters. The number of hydrogen-bond acceptors (Lipinski definition) is 7. The third-order valence-corrected chi connectivity index (χ3v) is 1.85. The minimum atomic E-state index is -1.11. The molecule has 0 aliphatic carbocycles. The van der Waals surface area contributed by atoms with Crippen LogP contribution in [0, 0.1) is 5.41 Å². The molecular weight excluding hydrogens is 244 g/mol. The predicted molar refractivity (Wildman–Crippen MR) is 67.1 cm³/mol. The van der Waals surface area contributed by atoms with Crippen molar-refractivity contribution in [3.8, 4) is 0 Å². The van der Waals surface area contributed by atoms with Crippen LogP contribution in [0.25, 0.3) is 0 Å². The monoisotopic (exact) mass is 272 g/mol. The molecule has 0 heterocycles. The van der Waals surface area contributed by atoms with Crippen molar-refractivity contribution in [3.05, 3.63) is 0 Å². The SMILES string of the molecule is CCOCC.OCC(CO)(CO)CO.OCCO. The summed E-state index contributed by atoms with van der Waals surface area (Å²) >= 11 is 0. The lowest BCUT2D eigenvalue weighted by atomic mass is 9.93. The van der Waals surface area contributed by atoms with Crippen LogP contribution in [0.1, 0.15) is 13.8 Å². The van der Waals surface area contributed by atoms with Crippen LogP contribution in [0.3, 0.4) is 0 Å². The Kier molecular flexibility index (Phi) is 24.2. The van der Waals surface area contributed by atoms with E-state index in [1.54, 1.807) is 0 Å². The van der Waals surface area contributed by atoms with Crippen molar-refractivity contribution in [2.24, 2.45) is 5.41 Å². The van der Waals surface area contributed by atoms with Crippen LogP contribution in [0.15, 0.2) is 0 Å². The molecule has 0 radical (unpaired) electrons. The average molecular weight is 272 g/mol. The van der Waals surface area contributed by atoms with E-state index in [4.69, 9.17) is 35.4 Å². The molecular formula is C11H28O7. The Morgan fingerprint density at radius 1 is 0.667 bits per heavy atom. The number of ether oxygens (including phenoxy) is 1. The van der Waals surface area contributed by atoms with Crippen LogP contribution in [0.2, 0.25) is 0 Å². The van der Waals surface area contributed by atoms with Gasteiger partial charge in [-0.1, -0.05) is 0 Å². The maximum Gasteiger partial charge on any atom is 0.0662 e. The third-order valence-electron chi connectivity index (χ3n) is 1.85. The first kappa shape index (κ1) is 22.9. The average Bonchev–Trinajstić information content (AvgIpc) is 2.44. The minimum absolute atomic E-state index is 0.125. The highest BCUT2D eigenvalue weighted by Crippen LogP contribution is 2.11. The second-order valence-corrected chi connectivity index (χ2v) is 3.36. The van der Waals surface area contributed by atoms with E-state index in [0.29, 0.717) is 0 Å². The van der Waals surface area contributed by atoms with E-state index < -0.39 is 31.8 Å². The summed E-state index contributed by atoms with van der Waals surface area (Å²) < 4.78 is 4.83. The Morgan fingerprint density at radius 3 is 0.944 bits per heavy atom. The number of rotatable bonds is 7. The maximum atomic E-state index is 8.50. The molecule has 0 saturated carbocycles. The summed E-state index contributed by atoms with van der Waals surface area (Å²) in [6.45, 7) is 3.79. The van der Waals surface area contributed by atoms with Gasteiger partial charge in [-0.3, -0.25) is 0 Å². The lowest BCUT2D eigenvalue weighted by molar-refractivity contribution is -0.0328. The summed E-state index contributed by atoms with van der Waals surface area (Å²) in [5.41, 5.74) is -1.11. The van der Waals surface area contributed by atoms with Crippen molar-refractivity contribution >= 4 is 0 Å². The largest absolute Gasteiger partial charge is 0.396 e. The Labute approximate surface area is 108 Å². The van der Waals surface area contributed by atoms with Gasteiger partial charge in [0.1, 0.15) is 0 Å². The van der Waals surface area contributed by atoms with Crippen molar-refractivity contribution in [2.75, 3.05) is 52.9 Å². The third kappa shape index (κ3) is 15.7. The van der Waals surface area contributed by atoms with Gasteiger partial charge in [-0.2, -0.15) is 0 Å². The summed E-state index contributed by atoms with van der Waals surface area (Å²) in [4.78, 5) is 0. The van der Waals surface area contributed by atoms with E-state index in [1.807, 2.05) is 13.8 Å². The molecule has 0 fully saturated rings. The van der Waals surface area contributed by atoms with E-state index in [9.17, 15) is 0 Å². The van der Waals surface area contributed by atoms with Gasteiger partial charge in [-0.05, 0) is 13.8 Å². The van der Waals surface area contributed by atoms with Crippen molar-refractivity contribution in [1.82, 2.24) is 0 Å². The summed E-state index contributed by atoms with van der Waals surface area (Å²) in [6, 6.07) is 0. The lowest BCUT2D eigenvalue weighted by Gasteiger charge is -2.23. The Bertz CT molecular complexity index is 107. The summed E-state index contributed by atoms with van der Waals surface area (Å²) in [5.74, 6) is 0. The van der Waals surface area contributed by atoms with E-state index >= 15 is 0 Å². The van der Waals surface area contributed by atoms with Gasteiger partial charge in [0.15, 0.2) is 0 Å². The van der Waals surface area contributed by atoms with Crippen molar-refractivity contribution in [2.45, 2.75) is 13.8 Å². The zero-order valence-electron chi connectivity index (χ0n) is 11.2. The van der Waals surface area contributed by atoms with Gasteiger partial charge in [0.2, 0.25) is 0 Å². The highest BCUT2D eigenvalue weighted by atomic mass is 16.5. The van der Waals surface area contributed by atoms with Gasteiger partial charge in [0, 0.05) is 13.2 Å². The van der Waals surface area contributed by atoms with Crippen molar-refractivity contribution in [3.63, 3.8) is 0 Å². The molecule has 18 heavy (non-hydrogen) atoms. The topological polar surface area (TPSA) is 131 Å². The van der Waals surface area contributed by atoms with Gasteiger partial charge in [-0.25, -0.2) is 0 Å². The first-order valence-electron chi connectivity index (χ1n) is 5.80. The van der Waals surface area contributed by atoms with E-state index in [-0.39, 0.29) is 13.2 Å². The molecule has 6 N–H and O–H groups in total. The lowest BCUT2D eigenvalue weighted by Crippen LogP contribution is -2.37. The van der Waals surface area contributed by atoms with Gasteiger partial charge >= 0.3 is 0 Å². The molecule has 0 aliphatic rings. The van der Waals surface area contributed by atoms with E-state index in [2.05, 4.69) is 0 Å². The minimum Gasteiger partial charge on any atom is -0.396 e. The highest BCUT2D eigenvalue weighted by molar-refractivity contribution is 4.74. The van der Waals surface area contributed by atoms with Crippen LogP contribution in [0.4, 0.5) is 0 Å². The van der Waals surface area contributed by atoms with Crippen LogP contribution < -0.4 is 0 Å². The second kappa shape index (κ2) is 19.1. The molecule has 0 unspecified atom stereocenters. The van der Waals surface area contributed by atoms with Gasteiger partial charge < -0.3 is 35.4 Å². The molecule has 0 spiro atoms. The molecule has 0 aromatic rings. The van der Waals surface area contributed by atoms with Gasteiger partial charge in [0.25, 0.3) is 0 Å². The normalized spacial score (nSPS) is 10.0. The maximum absolute atomic E-state index is 8.50. The standard InChI is InChI=1S/C5H12O4.C4H10O.C2H6O2/c6-1-5(2-7,3-8)4-9;1-3-5-4-2;3-1-2-4/h6-9H,1-4H2;3-4H2,1-2H3;3-4H,1-2H2. The Hall–Kier alpha value is -0.280. The molecule has 7 heteroatoms. The van der Waals surface area contributed by atoms with Crippen LogP contribution in [-0.2, 0) is 4.74 Å². The van der Waals surface area contributed by atoms with Gasteiger partial charge in [-0.15, -0.1) is 0 Å². The molecule has 0 aliphatic heterocycles. The predicted octanol–water partition coefficient (Wildman–Crippen LogP) is -2.04. The molecule has 114 valence electrons. The van der Waals surface area contributed by atoms with Crippen molar-refractivity contribution < 1.29 is 35.4 Å². The van der Waals surface area contributed by atoms with Crippen LogP contribution in [-0.4, -0.2) is 83.5 Å². The summed E-state index contributed by atoms with van der Waals surface area (Å²) in [5, 5.41) is 49.2. The zero-order valence-corrected chi connectivity index (χ0v) is 11.2. The smallest absolute Gasteiger partial charge is 0.0662 e. The fraction of sp³-hybridized carbons (Fsp3) is 1.00. The molecule has 0 rings (SSSR count). The Morgan fingerprint density at radius 2 is 0.944 bits per heavy atom. The van der Waals surface area contributed by atoms with E-state index in [0.717, 1.165) is 13.2 Å². The molecule has 0 saturated heterocycles. The van der Waals surface area contributed by atoms with E-state index in [1.165, 1.54) is 0 Å². The number of aliphatic hydroxyl groups is 6. The highest BCUT2D eigenvalue weighted by Gasteiger charge is 2.26. The molecule has 0 aromatic heterocycles. The second-order valence-electron chi connectivity index (χ2n) is 3.36. The van der Waals surface area contributed by atoms with Crippen LogP contribution in [0.5, 0.6) is 0 Å². The summed E-state index contributed by atoms with van der Waals surface area (Å²) in [7, 11) is 0. The number of hydrogen-bond donors (Lipinski definition) is 6.